The van der Waals surface area contributed by atoms with Gasteiger partial charge in [-0.1, -0.05) is 6.07 Å². The molecule has 1 amide bonds. The number of nitrogens with zero attached hydrogens (tertiary/aromatic N) is 2. The van der Waals surface area contributed by atoms with E-state index in [9.17, 15) is 9.90 Å². The second-order valence-corrected chi connectivity index (χ2v) is 7.71. The van der Waals surface area contributed by atoms with Crippen LogP contribution in [0.4, 0.5) is 0 Å². The van der Waals surface area contributed by atoms with Gasteiger partial charge in [0.05, 0.1) is 17.7 Å². The number of amides is 1. The van der Waals surface area contributed by atoms with Crippen LogP contribution in [0.5, 0.6) is 5.75 Å². The fourth-order valence-corrected chi connectivity index (χ4v) is 3.85. The summed E-state index contributed by atoms with van der Waals surface area (Å²) in [5, 5.41) is 10.9. The molecule has 0 aliphatic carbocycles. The van der Waals surface area contributed by atoms with Crippen molar-refractivity contribution in [3.8, 4) is 5.75 Å². The maximum atomic E-state index is 12.7. The summed E-state index contributed by atoms with van der Waals surface area (Å²) in [6.45, 7) is 7.05. The highest BCUT2D eigenvalue weighted by Gasteiger charge is 2.37. The summed E-state index contributed by atoms with van der Waals surface area (Å²) in [4.78, 5) is 19.2. The summed E-state index contributed by atoms with van der Waals surface area (Å²) >= 11 is 1.35. The zero-order chi connectivity index (χ0) is 18.0. The smallest absolute Gasteiger partial charge is 0.265 e. The van der Waals surface area contributed by atoms with Crippen molar-refractivity contribution in [1.82, 2.24) is 9.88 Å². The fourth-order valence-electron chi connectivity index (χ4n) is 3.08. The van der Waals surface area contributed by atoms with Gasteiger partial charge in [0, 0.05) is 6.54 Å². The minimum atomic E-state index is -1.02. The second kappa shape index (κ2) is 7.14. The summed E-state index contributed by atoms with van der Waals surface area (Å²) in [7, 11) is 0. The molecule has 2 heterocycles. The van der Waals surface area contributed by atoms with Crippen LogP contribution in [0.2, 0.25) is 0 Å². The van der Waals surface area contributed by atoms with Gasteiger partial charge in [0.15, 0.2) is 0 Å². The summed E-state index contributed by atoms with van der Waals surface area (Å²) in [6, 6.07) is 5.90. The van der Waals surface area contributed by atoms with Gasteiger partial charge in [0.25, 0.3) is 5.91 Å². The van der Waals surface area contributed by atoms with E-state index < -0.39 is 5.60 Å². The molecule has 0 spiro atoms. The van der Waals surface area contributed by atoms with Gasteiger partial charge in [-0.2, -0.15) is 0 Å². The average molecular weight is 360 g/mol. The van der Waals surface area contributed by atoms with Crippen molar-refractivity contribution in [3.05, 3.63) is 45.4 Å². The number of likely N-dealkylation sites (tertiary alicyclic amines) is 1. The molecule has 1 N–H and O–H groups in total. The van der Waals surface area contributed by atoms with E-state index in [1.54, 1.807) is 10.4 Å². The number of carbonyl (C=O) groups excluding carboxylic acids is 1. The topological polar surface area (TPSA) is 62.7 Å². The number of hydrogen-bond donors (Lipinski definition) is 1. The van der Waals surface area contributed by atoms with Crippen molar-refractivity contribution in [2.75, 3.05) is 19.7 Å². The van der Waals surface area contributed by atoms with Gasteiger partial charge in [-0.15, -0.1) is 11.3 Å². The first-order valence-corrected chi connectivity index (χ1v) is 9.38. The Balaban J connectivity index is 1.65. The largest absolute Gasteiger partial charge is 0.491 e. The summed E-state index contributed by atoms with van der Waals surface area (Å²) < 4.78 is 5.83. The quantitative estimate of drug-likeness (QED) is 0.910. The molecular formula is C19H24N2O3S. The normalized spacial score (nSPS) is 20.6. The van der Waals surface area contributed by atoms with Crippen LogP contribution < -0.4 is 4.74 Å². The molecule has 1 unspecified atom stereocenters. The summed E-state index contributed by atoms with van der Waals surface area (Å²) in [6.07, 6.45) is 1.39. The Labute approximate surface area is 152 Å². The van der Waals surface area contributed by atoms with E-state index in [1.165, 1.54) is 16.9 Å². The third-order valence-electron chi connectivity index (χ3n) is 4.77. The Kier molecular flexibility index (Phi) is 5.11. The zero-order valence-electron chi connectivity index (χ0n) is 14.9. The predicted octanol–water partition coefficient (Wildman–Crippen LogP) is 3.11. The number of piperidine rings is 1. The van der Waals surface area contributed by atoms with Gasteiger partial charge >= 0.3 is 0 Å². The van der Waals surface area contributed by atoms with Crippen LogP contribution in [-0.2, 0) is 0 Å². The van der Waals surface area contributed by atoms with Crippen molar-refractivity contribution < 1.29 is 14.6 Å². The Hall–Kier alpha value is -1.92. The lowest BCUT2D eigenvalue weighted by Crippen LogP contribution is -2.53. The Morgan fingerprint density at radius 2 is 2.16 bits per heavy atom. The van der Waals surface area contributed by atoms with Crippen molar-refractivity contribution in [3.63, 3.8) is 0 Å². The van der Waals surface area contributed by atoms with Crippen LogP contribution >= 0.6 is 11.3 Å². The highest BCUT2D eigenvalue weighted by Crippen LogP contribution is 2.26. The van der Waals surface area contributed by atoms with Crippen molar-refractivity contribution >= 4 is 17.2 Å². The average Bonchev–Trinajstić information content (AvgIpc) is 3.01. The number of aryl methyl sites for hydroxylation is 3. The predicted molar refractivity (Wildman–Crippen MR) is 98.3 cm³/mol. The maximum Gasteiger partial charge on any atom is 0.265 e. The van der Waals surface area contributed by atoms with E-state index >= 15 is 0 Å². The first kappa shape index (κ1) is 17.9. The van der Waals surface area contributed by atoms with Gasteiger partial charge in [0.1, 0.15) is 22.8 Å². The highest BCUT2D eigenvalue weighted by molar-refractivity contribution is 7.11. The highest BCUT2D eigenvalue weighted by atomic mass is 32.1. The molecule has 5 nitrogen and oxygen atoms in total. The van der Waals surface area contributed by atoms with Crippen LogP contribution in [0.25, 0.3) is 0 Å². The molecule has 1 fully saturated rings. The van der Waals surface area contributed by atoms with Crippen molar-refractivity contribution in [1.29, 1.82) is 0 Å². The Morgan fingerprint density at radius 1 is 1.36 bits per heavy atom. The van der Waals surface area contributed by atoms with E-state index in [4.69, 9.17) is 4.74 Å². The van der Waals surface area contributed by atoms with Crippen LogP contribution in [0.3, 0.4) is 0 Å². The number of rotatable bonds is 4. The van der Waals surface area contributed by atoms with Crippen molar-refractivity contribution in [2.24, 2.45) is 0 Å². The first-order valence-electron chi connectivity index (χ1n) is 8.50. The molecule has 3 rings (SSSR count). The minimum Gasteiger partial charge on any atom is -0.491 e. The molecule has 1 aliphatic rings. The molecule has 1 aromatic carbocycles. The molecular weight excluding hydrogens is 336 g/mol. The number of β-amino-alcohol motifs (C(OH)–C–C–N with tert-alkyl or cyclic N) is 1. The monoisotopic (exact) mass is 360 g/mol. The van der Waals surface area contributed by atoms with E-state index in [0.29, 0.717) is 17.8 Å². The molecule has 1 aromatic heterocycles. The number of carbonyl (C=O) groups is 1. The van der Waals surface area contributed by atoms with E-state index in [0.717, 1.165) is 23.4 Å². The number of aliphatic hydroxyl groups is 1. The van der Waals surface area contributed by atoms with E-state index in [1.807, 2.05) is 32.0 Å². The molecule has 0 bridgehead atoms. The standard InChI is InChI=1S/C19H24N2O3S/c1-13-5-6-16(9-14(13)2)24-11-19(23)7-4-8-21(10-19)18(22)17-15(3)20-12-25-17/h5-6,9,12,23H,4,7-8,10-11H2,1-3H3. The number of aromatic nitrogens is 1. The number of hydrogen-bond acceptors (Lipinski definition) is 5. The fraction of sp³-hybridized carbons (Fsp3) is 0.474. The van der Waals surface area contributed by atoms with Crippen LogP contribution in [-0.4, -0.2) is 46.2 Å². The van der Waals surface area contributed by atoms with Gasteiger partial charge in [-0.3, -0.25) is 4.79 Å². The lowest BCUT2D eigenvalue weighted by atomic mass is 9.93. The summed E-state index contributed by atoms with van der Waals surface area (Å²) in [5.74, 6) is 0.697. The molecule has 25 heavy (non-hydrogen) atoms. The van der Waals surface area contributed by atoms with Crippen molar-refractivity contribution in [2.45, 2.75) is 39.2 Å². The molecule has 2 aromatic rings. The molecule has 6 heteroatoms. The number of benzene rings is 1. The summed E-state index contributed by atoms with van der Waals surface area (Å²) in [5.41, 5.74) is 3.77. The molecule has 1 atom stereocenters. The number of thiazole rings is 1. The minimum absolute atomic E-state index is 0.0516. The third-order valence-corrected chi connectivity index (χ3v) is 5.68. The lowest BCUT2D eigenvalue weighted by Gasteiger charge is -2.38. The Bertz CT molecular complexity index is 774. The SMILES string of the molecule is Cc1ccc(OCC2(O)CCCN(C(=O)c3scnc3C)C2)cc1C. The molecule has 0 saturated carbocycles. The third kappa shape index (κ3) is 4.02. The van der Waals surface area contributed by atoms with Crippen LogP contribution in [0.1, 0.15) is 39.3 Å². The Morgan fingerprint density at radius 3 is 2.84 bits per heavy atom. The van der Waals surface area contributed by atoms with Gasteiger partial charge in [0.2, 0.25) is 0 Å². The van der Waals surface area contributed by atoms with Gasteiger partial charge in [-0.05, 0) is 56.9 Å². The van der Waals surface area contributed by atoms with Crippen LogP contribution in [0.15, 0.2) is 23.7 Å². The van der Waals surface area contributed by atoms with Gasteiger partial charge in [-0.25, -0.2) is 4.98 Å². The van der Waals surface area contributed by atoms with E-state index in [-0.39, 0.29) is 19.1 Å². The van der Waals surface area contributed by atoms with Crippen LogP contribution in [0, 0.1) is 20.8 Å². The zero-order valence-corrected chi connectivity index (χ0v) is 15.7. The number of ether oxygens (including phenoxy) is 1. The first-order chi connectivity index (χ1) is 11.9. The second-order valence-electron chi connectivity index (χ2n) is 6.86. The molecule has 1 saturated heterocycles. The molecule has 0 radical (unpaired) electrons. The molecule has 134 valence electrons. The molecule has 1 aliphatic heterocycles. The lowest BCUT2D eigenvalue weighted by molar-refractivity contribution is -0.0531. The van der Waals surface area contributed by atoms with Gasteiger partial charge < -0.3 is 14.7 Å². The maximum absolute atomic E-state index is 12.7. The van der Waals surface area contributed by atoms with E-state index in [2.05, 4.69) is 11.9 Å².